The van der Waals surface area contributed by atoms with Crippen LogP contribution in [0.2, 0.25) is 0 Å². The van der Waals surface area contributed by atoms with Gasteiger partial charge in [-0.05, 0) is 83.5 Å². The lowest BCUT2D eigenvalue weighted by Gasteiger charge is -2.40. The van der Waals surface area contributed by atoms with E-state index in [-0.39, 0.29) is 18.5 Å². The van der Waals surface area contributed by atoms with Crippen molar-refractivity contribution in [2.45, 2.75) is 429 Å². The molecule has 7 atom stereocenters. The zero-order valence-electron chi connectivity index (χ0n) is 60.7. The van der Waals surface area contributed by atoms with Crippen molar-refractivity contribution >= 4 is 11.9 Å². The molecule has 0 bridgehead atoms. The van der Waals surface area contributed by atoms with Gasteiger partial charge in [0.05, 0.1) is 32.0 Å². The number of allylic oxidation sites excluding steroid dienone is 9. The standard InChI is InChI=1S/C82H151NO10/c1-3-5-7-9-11-13-15-16-17-18-41-44-47-50-54-58-62-66-70-78(87)91-71-67-63-59-55-51-48-45-42-39-37-35-33-31-29-27-25-23-21-19-20-22-24-26-28-30-32-34-36-38-40-43-46-49-53-57-61-65-69-77(86)83-74(73-92-82-81(90)80(89)79(88)76(72-84)93-82)75(85)68-64-60-56-52-14-12-10-8-6-4-2/h6,8,14,19,21,25,27,52,64,68,74-76,79-82,84-85,88-90H,3-5,7,9-13,15-18,20,22-24,26,28-51,53-63,65-67,69-73H2,1-2H3,(H,83,86)/b8-6+,21-19-,27-25-,52-14+,68-64+. The molecule has 1 rings (SSSR count). The third-order valence-electron chi connectivity index (χ3n) is 18.8. The summed E-state index contributed by atoms with van der Waals surface area (Å²) >= 11 is 0. The minimum Gasteiger partial charge on any atom is -0.466 e. The van der Waals surface area contributed by atoms with Crippen LogP contribution in [-0.2, 0) is 23.8 Å². The first-order valence-corrected chi connectivity index (χ1v) is 40.1. The fraction of sp³-hybridized carbons (Fsp3) is 0.854. The van der Waals surface area contributed by atoms with E-state index in [2.05, 4.69) is 67.8 Å². The second kappa shape index (κ2) is 70.7. The predicted octanol–water partition coefficient (Wildman–Crippen LogP) is 21.6. The predicted molar refractivity (Wildman–Crippen MR) is 393 cm³/mol. The number of hydrogen-bond acceptors (Lipinski definition) is 10. The van der Waals surface area contributed by atoms with Gasteiger partial charge in [0.25, 0.3) is 0 Å². The molecule has 7 unspecified atom stereocenters. The molecular weight excluding hydrogens is 1160 g/mol. The second-order valence-corrected chi connectivity index (χ2v) is 27.7. The lowest BCUT2D eigenvalue weighted by Crippen LogP contribution is -2.60. The largest absolute Gasteiger partial charge is 0.466 e. The van der Waals surface area contributed by atoms with Crippen LogP contribution in [0.4, 0.5) is 0 Å². The smallest absolute Gasteiger partial charge is 0.305 e. The number of carbonyl (C=O) groups is 2. The molecule has 0 aromatic carbocycles. The lowest BCUT2D eigenvalue weighted by molar-refractivity contribution is -0.302. The molecule has 11 nitrogen and oxygen atoms in total. The number of ether oxygens (including phenoxy) is 3. The Morgan fingerprint density at radius 1 is 0.409 bits per heavy atom. The Labute approximate surface area is 573 Å². The van der Waals surface area contributed by atoms with Gasteiger partial charge in [-0.2, -0.15) is 0 Å². The molecule has 0 aliphatic carbocycles. The van der Waals surface area contributed by atoms with Gasteiger partial charge >= 0.3 is 5.97 Å². The number of hydrogen-bond donors (Lipinski definition) is 6. The fourth-order valence-electron chi connectivity index (χ4n) is 12.6. The summed E-state index contributed by atoms with van der Waals surface area (Å²) in [6.07, 6.45) is 85.7. The number of nitrogens with one attached hydrogen (secondary N) is 1. The van der Waals surface area contributed by atoms with Gasteiger partial charge in [-0.25, -0.2) is 0 Å². The summed E-state index contributed by atoms with van der Waals surface area (Å²) in [6, 6.07) is -0.833. The Hall–Kier alpha value is -2.64. The molecule has 1 heterocycles. The molecule has 1 amide bonds. The van der Waals surface area contributed by atoms with Crippen LogP contribution in [0.15, 0.2) is 60.8 Å². The number of esters is 1. The highest BCUT2D eigenvalue weighted by Crippen LogP contribution is 2.24. The summed E-state index contributed by atoms with van der Waals surface area (Å²) in [5.41, 5.74) is 0. The first kappa shape index (κ1) is 88.4. The van der Waals surface area contributed by atoms with Crippen LogP contribution in [-0.4, -0.2) is 100 Å². The maximum atomic E-state index is 13.0. The minimum atomic E-state index is -1.58. The van der Waals surface area contributed by atoms with Crippen molar-refractivity contribution in [3.05, 3.63) is 60.8 Å². The molecule has 1 aliphatic rings. The highest BCUT2D eigenvalue weighted by molar-refractivity contribution is 5.76. The highest BCUT2D eigenvalue weighted by Gasteiger charge is 2.44. The fourth-order valence-corrected chi connectivity index (χ4v) is 12.6. The van der Waals surface area contributed by atoms with Gasteiger partial charge in [0.1, 0.15) is 24.4 Å². The Morgan fingerprint density at radius 3 is 1.17 bits per heavy atom. The van der Waals surface area contributed by atoms with Crippen LogP contribution >= 0.6 is 0 Å². The van der Waals surface area contributed by atoms with Crippen molar-refractivity contribution in [3.8, 4) is 0 Å². The lowest BCUT2D eigenvalue weighted by atomic mass is 9.99. The quantitative estimate of drug-likeness (QED) is 0.0195. The van der Waals surface area contributed by atoms with Crippen LogP contribution in [0.25, 0.3) is 0 Å². The van der Waals surface area contributed by atoms with E-state index in [0.29, 0.717) is 19.4 Å². The van der Waals surface area contributed by atoms with Crippen LogP contribution in [0.3, 0.4) is 0 Å². The normalized spacial score (nSPS) is 17.8. The molecule has 1 fully saturated rings. The number of unbranched alkanes of at least 4 members (excludes halogenated alkanes) is 49. The van der Waals surface area contributed by atoms with Crippen LogP contribution in [0.5, 0.6) is 0 Å². The van der Waals surface area contributed by atoms with E-state index in [1.807, 2.05) is 6.08 Å². The van der Waals surface area contributed by atoms with Crippen molar-refractivity contribution in [1.29, 1.82) is 0 Å². The summed E-state index contributed by atoms with van der Waals surface area (Å²) in [5, 5.41) is 54.3. The van der Waals surface area contributed by atoms with E-state index in [1.54, 1.807) is 6.08 Å². The summed E-state index contributed by atoms with van der Waals surface area (Å²) in [6.45, 7) is 4.25. The molecule has 0 spiro atoms. The highest BCUT2D eigenvalue weighted by atomic mass is 16.7. The summed E-state index contributed by atoms with van der Waals surface area (Å²) < 4.78 is 16.7. The molecule has 0 radical (unpaired) electrons. The van der Waals surface area contributed by atoms with E-state index in [4.69, 9.17) is 14.2 Å². The SMILES string of the molecule is CC/C=C/CC/C=C/CC/C=C/C(O)C(COC1OC(CO)C(O)C(O)C1O)NC(=O)CCCCCCCCCCCCCCCCCCC/C=C\C/C=C\CCCCCCCCCCCCCCCOC(=O)CCCCCCCCCCCCCCCCCCCC. The summed E-state index contributed by atoms with van der Waals surface area (Å²) in [5.74, 6) is -0.178. The van der Waals surface area contributed by atoms with E-state index >= 15 is 0 Å². The number of rotatable bonds is 71. The van der Waals surface area contributed by atoms with Gasteiger partial charge in [-0.1, -0.05) is 351 Å². The van der Waals surface area contributed by atoms with E-state index in [1.165, 1.54) is 289 Å². The third-order valence-corrected chi connectivity index (χ3v) is 18.8. The van der Waals surface area contributed by atoms with Gasteiger partial charge in [0.2, 0.25) is 5.91 Å². The summed E-state index contributed by atoms with van der Waals surface area (Å²) in [7, 11) is 0. The van der Waals surface area contributed by atoms with Crippen molar-refractivity contribution < 1.29 is 49.3 Å². The van der Waals surface area contributed by atoms with Gasteiger partial charge in [0, 0.05) is 12.8 Å². The van der Waals surface area contributed by atoms with Gasteiger partial charge < -0.3 is 45.1 Å². The Kier molecular flexibility index (Phi) is 67.2. The topological polar surface area (TPSA) is 175 Å². The molecule has 1 saturated heterocycles. The van der Waals surface area contributed by atoms with Gasteiger partial charge in [0.15, 0.2) is 6.29 Å². The van der Waals surface area contributed by atoms with Crippen molar-refractivity contribution in [2.75, 3.05) is 19.8 Å². The number of aliphatic hydroxyl groups excluding tert-OH is 5. The number of amides is 1. The number of aliphatic hydroxyl groups is 5. The second-order valence-electron chi connectivity index (χ2n) is 27.7. The zero-order chi connectivity index (χ0) is 67.2. The number of carbonyl (C=O) groups excluding carboxylic acids is 2. The van der Waals surface area contributed by atoms with Crippen LogP contribution in [0, 0.1) is 0 Å². The van der Waals surface area contributed by atoms with Crippen molar-refractivity contribution in [1.82, 2.24) is 5.32 Å². The molecule has 11 heteroatoms. The average Bonchev–Trinajstić information content (AvgIpc) is 0.939. The Balaban J connectivity index is 1.87. The summed E-state index contributed by atoms with van der Waals surface area (Å²) in [4.78, 5) is 25.2. The van der Waals surface area contributed by atoms with Crippen molar-refractivity contribution in [3.63, 3.8) is 0 Å². The first-order valence-electron chi connectivity index (χ1n) is 40.1. The first-order chi connectivity index (χ1) is 45.7. The monoisotopic (exact) mass is 1310 g/mol. The van der Waals surface area contributed by atoms with E-state index in [0.717, 1.165) is 70.6 Å². The maximum absolute atomic E-state index is 13.0. The Bertz CT molecular complexity index is 1730. The van der Waals surface area contributed by atoms with E-state index < -0.39 is 49.5 Å². The van der Waals surface area contributed by atoms with Gasteiger partial charge in [-0.15, -0.1) is 0 Å². The molecule has 0 aromatic heterocycles. The molecule has 6 N–H and O–H groups in total. The molecule has 0 saturated carbocycles. The average molecular weight is 1310 g/mol. The Morgan fingerprint density at radius 2 is 0.763 bits per heavy atom. The van der Waals surface area contributed by atoms with Crippen molar-refractivity contribution in [2.24, 2.45) is 0 Å². The molecular formula is C82H151NO10. The minimum absolute atomic E-state index is 0.0170. The van der Waals surface area contributed by atoms with Crippen LogP contribution < -0.4 is 5.32 Å². The third kappa shape index (κ3) is 59.2. The van der Waals surface area contributed by atoms with Gasteiger partial charge in [-0.3, -0.25) is 9.59 Å². The molecule has 544 valence electrons. The maximum Gasteiger partial charge on any atom is 0.305 e. The zero-order valence-corrected chi connectivity index (χ0v) is 60.7. The molecule has 93 heavy (non-hydrogen) atoms. The van der Waals surface area contributed by atoms with E-state index in [9.17, 15) is 35.1 Å². The molecule has 0 aromatic rings. The van der Waals surface area contributed by atoms with Crippen LogP contribution in [0.1, 0.15) is 386 Å². The molecule has 1 aliphatic heterocycles.